The molecule has 1 heterocycles. The molecule has 3 aromatic carbocycles. The van der Waals surface area contributed by atoms with E-state index in [1.807, 2.05) is 30.3 Å². The molecular weight excluding hydrogens is 452 g/mol. The Balaban J connectivity index is 1.25. The fourth-order valence-corrected chi connectivity index (χ4v) is 5.62. The zero-order chi connectivity index (χ0) is 25.1. The Hall–Kier alpha value is -3.80. The van der Waals surface area contributed by atoms with Gasteiger partial charge in [-0.1, -0.05) is 42.5 Å². The van der Waals surface area contributed by atoms with E-state index in [0.717, 1.165) is 48.9 Å². The number of carbonyl (C=O) groups excluding carboxylic acids is 1. The minimum atomic E-state index is -0.683. The van der Waals surface area contributed by atoms with Gasteiger partial charge < -0.3 is 15.2 Å². The molecule has 0 aromatic heterocycles. The van der Waals surface area contributed by atoms with Crippen molar-refractivity contribution >= 4 is 23.4 Å². The van der Waals surface area contributed by atoms with Crippen molar-refractivity contribution in [2.45, 2.75) is 44.4 Å². The monoisotopic (exact) mass is 484 g/mol. The third kappa shape index (κ3) is 5.08. The molecule has 1 saturated carbocycles. The van der Waals surface area contributed by atoms with Crippen molar-refractivity contribution in [2.75, 3.05) is 23.9 Å². The number of para-hydroxylation sites is 2. The van der Waals surface area contributed by atoms with E-state index in [4.69, 9.17) is 9.84 Å². The summed E-state index contributed by atoms with van der Waals surface area (Å²) in [6, 6.07) is 22.4. The van der Waals surface area contributed by atoms with Crippen molar-refractivity contribution in [3.63, 3.8) is 0 Å². The highest BCUT2D eigenvalue weighted by atomic mass is 16.5. The average Bonchev–Trinajstić information content (AvgIpc) is 3.33. The van der Waals surface area contributed by atoms with Gasteiger partial charge >= 0.3 is 12.0 Å². The molecular formula is C30H32N2O4. The molecule has 0 unspecified atom stereocenters. The second-order valence-electron chi connectivity index (χ2n) is 9.81. The molecule has 1 aliphatic carbocycles. The number of nitrogens with one attached hydrogen (secondary N) is 1. The lowest BCUT2D eigenvalue weighted by molar-refractivity contribution is -0.138. The van der Waals surface area contributed by atoms with Gasteiger partial charge in [-0.2, -0.15) is 0 Å². The summed E-state index contributed by atoms with van der Waals surface area (Å²) in [5, 5.41) is 12.0. The normalized spacial score (nSPS) is 19.0. The summed E-state index contributed by atoms with van der Waals surface area (Å²) >= 11 is 0. The second-order valence-corrected chi connectivity index (χ2v) is 9.81. The topological polar surface area (TPSA) is 78.9 Å². The van der Waals surface area contributed by atoms with Crippen LogP contribution < -0.4 is 15.0 Å². The number of hydrogen-bond acceptors (Lipinski definition) is 3. The van der Waals surface area contributed by atoms with E-state index >= 15 is 0 Å². The number of ether oxygens (including phenoxy) is 1. The van der Waals surface area contributed by atoms with Crippen molar-refractivity contribution < 1.29 is 19.4 Å². The summed E-state index contributed by atoms with van der Waals surface area (Å²) in [4.78, 5) is 25.8. The Bertz CT molecular complexity index is 1250. The molecule has 0 bridgehead atoms. The quantitative estimate of drug-likeness (QED) is 0.408. The molecule has 1 aliphatic heterocycles. The zero-order valence-corrected chi connectivity index (χ0v) is 20.6. The van der Waals surface area contributed by atoms with Crippen LogP contribution >= 0.6 is 0 Å². The van der Waals surface area contributed by atoms with E-state index in [-0.39, 0.29) is 6.03 Å². The number of anilines is 2. The molecule has 0 radical (unpaired) electrons. The first-order chi connectivity index (χ1) is 17.5. The number of hydrogen-bond donors (Lipinski definition) is 2. The fraction of sp³-hybridized carbons (Fsp3) is 0.333. The smallest absolute Gasteiger partial charge is 0.326 e. The van der Waals surface area contributed by atoms with Gasteiger partial charge in [0.25, 0.3) is 0 Å². The molecule has 6 nitrogen and oxygen atoms in total. The number of carboxylic acid groups (broad SMARTS) is 1. The fourth-order valence-electron chi connectivity index (χ4n) is 5.62. The summed E-state index contributed by atoms with van der Waals surface area (Å²) in [7, 11) is 1.59. The highest BCUT2D eigenvalue weighted by molar-refractivity contribution is 6.04. The number of methoxy groups -OCH3 is 1. The maximum Gasteiger partial charge on any atom is 0.326 e. The average molecular weight is 485 g/mol. The van der Waals surface area contributed by atoms with Gasteiger partial charge in [0.2, 0.25) is 0 Å². The highest BCUT2D eigenvalue weighted by Crippen LogP contribution is 2.38. The van der Waals surface area contributed by atoms with E-state index in [1.54, 1.807) is 12.0 Å². The Labute approximate surface area is 211 Å². The number of amides is 2. The van der Waals surface area contributed by atoms with E-state index in [0.29, 0.717) is 36.2 Å². The molecule has 0 spiro atoms. The molecule has 0 atom stereocenters. The zero-order valence-electron chi connectivity index (χ0n) is 20.6. The van der Waals surface area contributed by atoms with Crippen LogP contribution in [0.3, 0.4) is 0 Å². The predicted octanol–water partition coefficient (Wildman–Crippen LogP) is 6.71. The standard InChI is InChI=1S/C30H32N2O4/c1-36-28-5-3-2-4-26(28)31-30(35)32-17-16-25-19-24(14-15-27(25)32)23-12-10-22(11-13-23)21-8-6-20(7-9-21)18-29(33)34/h2-5,10-15,19-21H,6-9,16-18H2,1H3,(H,31,35)(H,33,34)/t20-,21-. The molecule has 186 valence electrons. The van der Waals surface area contributed by atoms with Crippen molar-refractivity contribution in [3.05, 3.63) is 77.9 Å². The number of aliphatic carboxylic acids is 1. The van der Waals surface area contributed by atoms with Crippen LogP contribution in [0.1, 0.15) is 49.1 Å². The first-order valence-electron chi connectivity index (χ1n) is 12.7. The van der Waals surface area contributed by atoms with Crippen LogP contribution in [0.2, 0.25) is 0 Å². The van der Waals surface area contributed by atoms with Crippen molar-refractivity contribution in [3.8, 4) is 16.9 Å². The van der Waals surface area contributed by atoms with Gasteiger partial charge in [0, 0.05) is 18.7 Å². The lowest BCUT2D eigenvalue weighted by Crippen LogP contribution is -2.33. The maximum atomic E-state index is 13.0. The van der Waals surface area contributed by atoms with E-state index < -0.39 is 5.97 Å². The number of carbonyl (C=O) groups is 2. The van der Waals surface area contributed by atoms with Gasteiger partial charge in [-0.3, -0.25) is 9.69 Å². The van der Waals surface area contributed by atoms with E-state index in [1.165, 1.54) is 11.1 Å². The Morgan fingerprint density at radius 2 is 1.69 bits per heavy atom. The first-order valence-corrected chi connectivity index (χ1v) is 12.7. The second kappa shape index (κ2) is 10.4. The van der Waals surface area contributed by atoms with Gasteiger partial charge in [-0.15, -0.1) is 0 Å². The van der Waals surface area contributed by atoms with E-state index in [2.05, 4.69) is 41.7 Å². The minimum absolute atomic E-state index is 0.159. The molecule has 1 fully saturated rings. The SMILES string of the molecule is COc1ccccc1NC(=O)N1CCc2cc(-c3ccc([C@H]4CC[C@H](CC(=O)O)CC4)cc3)ccc21. The lowest BCUT2D eigenvalue weighted by atomic mass is 9.77. The van der Waals surface area contributed by atoms with Gasteiger partial charge in [0.05, 0.1) is 12.8 Å². The lowest BCUT2D eigenvalue weighted by Gasteiger charge is -2.28. The summed E-state index contributed by atoms with van der Waals surface area (Å²) in [6.07, 6.45) is 5.21. The summed E-state index contributed by atoms with van der Waals surface area (Å²) in [5.41, 5.74) is 6.43. The minimum Gasteiger partial charge on any atom is -0.495 e. The molecule has 36 heavy (non-hydrogen) atoms. The largest absolute Gasteiger partial charge is 0.495 e. The summed E-state index contributed by atoms with van der Waals surface area (Å²) in [6.45, 7) is 0.642. The van der Waals surface area contributed by atoms with Crippen LogP contribution in [0, 0.1) is 5.92 Å². The molecule has 2 aliphatic rings. The van der Waals surface area contributed by atoms with Crippen LogP contribution in [0.15, 0.2) is 66.7 Å². The summed E-state index contributed by atoms with van der Waals surface area (Å²) in [5.74, 6) is 0.787. The van der Waals surface area contributed by atoms with Gasteiger partial charge in [0.15, 0.2) is 0 Å². The molecule has 2 N–H and O–H groups in total. The number of nitrogens with zero attached hydrogens (tertiary/aromatic N) is 1. The first kappa shape index (κ1) is 23.9. The number of fused-ring (bicyclic) bond motifs is 1. The predicted molar refractivity (Wildman–Crippen MR) is 142 cm³/mol. The number of urea groups is 1. The number of rotatable bonds is 6. The van der Waals surface area contributed by atoms with Crippen LogP contribution in [-0.2, 0) is 11.2 Å². The van der Waals surface area contributed by atoms with Crippen LogP contribution in [0.25, 0.3) is 11.1 Å². The van der Waals surface area contributed by atoms with Crippen molar-refractivity contribution in [2.24, 2.45) is 5.92 Å². The number of carboxylic acids is 1. The van der Waals surface area contributed by atoms with Gasteiger partial charge in [-0.05, 0) is 90.5 Å². The van der Waals surface area contributed by atoms with Crippen LogP contribution in [0.4, 0.5) is 16.2 Å². The third-order valence-electron chi connectivity index (χ3n) is 7.59. The maximum absolute atomic E-state index is 13.0. The van der Waals surface area contributed by atoms with Crippen molar-refractivity contribution in [1.82, 2.24) is 0 Å². The highest BCUT2D eigenvalue weighted by Gasteiger charge is 2.26. The molecule has 3 aromatic rings. The van der Waals surface area contributed by atoms with Crippen LogP contribution in [0.5, 0.6) is 5.75 Å². The molecule has 5 rings (SSSR count). The molecule has 0 saturated heterocycles. The summed E-state index contributed by atoms with van der Waals surface area (Å²) < 4.78 is 5.35. The van der Waals surface area contributed by atoms with Crippen LogP contribution in [-0.4, -0.2) is 30.8 Å². The van der Waals surface area contributed by atoms with Crippen molar-refractivity contribution in [1.29, 1.82) is 0 Å². The Kier molecular flexibility index (Phi) is 6.94. The van der Waals surface area contributed by atoms with Gasteiger partial charge in [0.1, 0.15) is 5.75 Å². The van der Waals surface area contributed by atoms with Gasteiger partial charge in [-0.25, -0.2) is 4.79 Å². The Morgan fingerprint density at radius 3 is 2.42 bits per heavy atom. The van der Waals surface area contributed by atoms with E-state index in [9.17, 15) is 9.59 Å². The molecule has 2 amide bonds. The Morgan fingerprint density at radius 1 is 0.972 bits per heavy atom. The molecule has 6 heteroatoms. The third-order valence-corrected chi connectivity index (χ3v) is 7.59. The number of benzene rings is 3.